The molecule has 0 aliphatic carbocycles. The second-order valence-corrected chi connectivity index (χ2v) is 9.51. The summed E-state index contributed by atoms with van der Waals surface area (Å²) in [4.78, 5) is 63.2. The number of carbonyl (C=O) groups excluding carboxylic acids is 4. The van der Waals surface area contributed by atoms with E-state index in [9.17, 15) is 29.1 Å². The first-order valence-electron chi connectivity index (χ1n) is 8.62. The van der Waals surface area contributed by atoms with Gasteiger partial charge in [-0.05, 0) is 13.8 Å². The van der Waals surface area contributed by atoms with E-state index in [0.29, 0.717) is 11.5 Å². The number of anilines is 2. The van der Waals surface area contributed by atoms with Gasteiger partial charge in [-0.15, -0.1) is 23.1 Å². The molecular weight excluding hydrogens is 438 g/mol. The minimum absolute atomic E-state index is 0.290. The number of nitrogens with one attached hydrogen (secondary N) is 5. The van der Waals surface area contributed by atoms with Crippen molar-refractivity contribution in [3.05, 3.63) is 5.38 Å². The van der Waals surface area contributed by atoms with E-state index < -0.39 is 52.6 Å². The van der Waals surface area contributed by atoms with E-state index in [1.807, 2.05) is 0 Å². The molecule has 15 heteroatoms. The van der Waals surface area contributed by atoms with Crippen LogP contribution in [0.25, 0.3) is 0 Å². The van der Waals surface area contributed by atoms with Crippen LogP contribution in [-0.4, -0.2) is 74.0 Å². The SMILES string of the molecule is CC1(C)S[C@@H]2[C@H](NC(=O)CNC(=O)NNc3csc(NC=O)n3)C(=O)N2[C@H]1C(=O)O. The number of β-lactam (4-membered cyclic amide) rings is 1. The molecule has 3 atom stereocenters. The highest BCUT2D eigenvalue weighted by atomic mass is 32.2. The van der Waals surface area contributed by atoms with Crippen molar-refractivity contribution in [2.75, 3.05) is 17.3 Å². The fourth-order valence-corrected chi connectivity index (χ4v) is 5.37. The third-order valence-electron chi connectivity index (χ3n) is 4.39. The lowest BCUT2D eigenvalue weighted by molar-refractivity contribution is -0.161. The maximum absolute atomic E-state index is 12.3. The predicted octanol–water partition coefficient (Wildman–Crippen LogP) is -1.03. The van der Waals surface area contributed by atoms with Crippen LogP contribution in [0.4, 0.5) is 15.7 Å². The number of hydrogen-bond donors (Lipinski definition) is 6. The molecule has 0 saturated carbocycles. The van der Waals surface area contributed by atoms with Crippen LogP contribution in [0.15, 0.2) is 5.38 Å². The normalized spacial score (nSPS) is 23.6. The summed E-state index contributed by atoms with van der Waals surface area (Å²) in [5, 5.41) is 18.0. The Kier molecular flexibility index (Phi) is 6.02. The number of thiazole rings is 1. The molecule has 1 aromatic rings. The quantitative estimate of drug-likeness (QED) is 0.161. The lowest BCUT2D eigenvalue weighted by Gasteiger charge is -2.43. The molecule has 0 bridgehead atoms. The summed E-state index contributed by atoms with van der Waals surface area (Å²) < 4.78 is -0.688. The number of urea groups is 1. The molecule has 2 aliphatic heterocycles. The van der Waals surface area contributed by atoms with Gasteiger partial charge in [-0.25, -0.2) is 14.6 Å². The van der Waals surface area contributed by atoms with Gasteiger partial charge in [0.25, 0.3) is 0 Å². The van der Waals surface area contributed by atoms with Crippen LogP contribution in [0.1, 0.15) is 13.8 Å². The van der Waals surface area contributed by atoms with Gasteiger partial charge in [-0.3, -0.25) is 25.2 Å². The fraction of sp³-hybridized carbons (Fsp3) is 0.467. The van der Waals surface area contributed by atoms with Crippen LogP contribution in [0.3, 0.4) is 0 Å². The zero-order chi connectivity index (χ0) is 22.1. The van der Waals surface area contributed by atoms with Crippen LogP contribution in [0.5, 0.6) is 0 Å². The maximum atomic E-state index is 12.3. The summed E-state index contributed by atoms with van der Waals surface area (Å²) in [7, 11) is 0. The van der Waals surface area contributed by atoms with Gasteiger partial charge in [0, 0.05) is 10.1 Å². The highest BCUT2D eigenvalue weighted by Crippen LogP contribution is 2.50. The van der Waals surface area contributed by atoms with Crippen LogP contribution < -0.4 is 26.8 Å². The Balaban J connectivity index is 1.43. The number of rotatable bonds is 8. The largest absolute Gasteiger partial charge is 0.480 e. The molecule has 162 valence electrons. The molecule has 3 rings (SSSR count). The average Bonchev–Trinajstić information content (AvgIpc) is 3.22. The number of fused-ring (bicyclic) bond motifs is 1. The lowest BCUT2D eigenvalue weighted by atomic mass is 9.96. The smallest absolute Gasteiger partial charge is 0.333 e. The monoisotopic (exact) mass is 457 g/mol. The molecule has 13 nitrogen and oxygen atoms in total. The number of aromatic nitrogens is 1. The number of aliphatic carboxylic acids is 1. The Morgan fingerprint density at radius 2 is 2.10 bits per heavy atom. The van der Waals surface area contributed by atoms with Gasteiger partial charge in [0.15, 0.2) is 10.9 Å². The number of carboxylic acids is 1. The second-order valence-electron chi connectivity index (χ2n) is 6.88. The fourth-order valence-electron chi connectivity index (χ4n) is 3.14. The van der Waals surface area contributed by atoms with Crippen molar-refractivity contribution in [2.24, 2.45) is 0 Å². The Labute approximate surface area is 178 Å². The predicted molar refractivity (Wildman–Crippen MR) is 108 cm³/mol. The van der Waals surface area contributed by atoms with Gasteiger partial charge in [0.1, 0.15) is 17.5 Å². The van der Waals surface area contributed by atoms with Crippen molar-refractivity contribution in [3.63, 3.8) is 0 Å². The zero-order valence-corrected chi connectivity index (χ0v) is 17.4. The van der Waals surface area contributed by atoms with Gasteiger partial charge in [0.2, 0.25) is 18.2 Å². The first-order chi connectivity index (χ1) is 14.1. The molecule has 1 aromatic heterocycles. The molecule has 30 heavy (non-hydrogen) atoms. The summed E-state index contributed by atoms with van der Waals surface area (Å²) in [6.07, 6.45) is 0.473. The van der Waals surface area contributed by atoms with Crippen molar-refractivity contribution in [3.8, 4) is 0 Å². The molecular formula is C15H19N7O6S2. The molecule has 5 amide bonds. The van der Waals surface area contributed by atoms with Crippen molar-refractivity contribution in [1.82, 2.24) is 25.9 Å². The van der Waals surface area contributed by atoms with E-state index in [1.54, 1.807) is 19.2 Å². The van der Waals surface area contributed by atoms with Crippen molar-refractivity contribution in [2.45, 2.75) is 36.1 Å². The first-order valence-corrected chi connectivity index (χ1v) is 10.4. The zero-order valence-electron chi connectivity index (χ0n) is 15.8. The van der Waals surface area contributed by atoms with E-state index in [4.69, 9.17) is 0 Å². The lowest BCUT2D eigenvalue weighted by Crippen LogP contribution is -2.71. The molecule has 0 aromatic carbocycles. The molecule has 6 N–H and O–H groups in total. The second kappa shape index (κ2) is 8.35. The highest BCUT2D eigenvalue weighted by molar-refractivity contribution is 8.01. The molecule has 2 saturated heterocycles. The Bertz CT molecular complexity index is 891. The minimum atomic E-state index is -1.09. The number of hydrazine groups is 1. The Morgan fingerprint density at radius 1 is 1.37 bits per heavy atom. The number of carbonyl (C=O) groups is 5. The number of amides is 5. The summed E-state index contributed by atoms with van der Waals surface area (Å²) in [6, 6.07) is -2.52. The molecule has 0 radical (unpaired) electrons. The van der Waals surface area contributed by atoms with Crippen LogP contribution in [-0.2, 0) is 19.2 Å². The van der Waals surface area contributed by atoms with E-state index in [1.165, 1.54) is 16.7 Å². The molecule has 0 spiro atoms. The Hall–Kier alpha value is -3.07. The first kappa shape index (κ1) is 21.6. The summed E-state index contributed by atoms with van der Waals surface area (Å²) in [5.74, 6) is -1.86. The molecule has 2 aliphatic rings. The number of thioether (sulfide) groups is 1. The van der Waals surface area contributed by atoms with E-state index in [2.05, 4.69) is 31.8 Å². The third kappa shape index (κ3) is 4.25. The standard InChI is InChI=1S/C15H19N7O6S2/c1-15(2)9(12(26)27)22-10(25)8(11(22)30-15)19-7(24)3-16-13(28)21-20-6-4-29-14(18-6)17-5-23/h4-5,8-9,11,20H,3H2,1-2H3,(H,19,24)(H,26,27)(H2,16,21,28)(H,17,18,23)/t8-,9+,11-/m1/s1. The maximum Gasteiger partial charge on any atom is 0.333 e. The van der Waals surface area contributed by atoms with Crippen LogP contribution in [0, 0.1) is 0 Å². The number of hydrogen-bond acceptors (Lipinski definition) is 9. The van der Waals surface area contributed by atoms with Gasteiger partial charge in [-0.2, -0.15) is 0 Å². The molecule has 2 fully saturated rings. The van der Waals surface area contributed by atoms with Gasteiger partial charge >= 0.3 is 12.0 Å². The molecule has 3 heterocycles. The van der Waals surface area contributed by atoms with Gasteiger partial charge < -0.3 is 26.0 Å². The summed E-state index contributed by atoms with van der Waals surface area (Å²) in [6.45, 7) is 3.08. The van der Waals surface area contributed by atoms with Gasteiger partial charge in [0.05, 0.1) is 6.54 Å². The van der Waals surface area contributed by atoms with Crippen molar-refractivity contribution >= 4 is 64.3 Å². The van der Waals surface area contributed by atoms with Gasteiger partial charge in [-0.1, -0.05) is 0 Å². The number of carboxylic acid groups (broad SMARTS) is 1. The average molecular weight is 457 g/mol. The molecule has 0 unspecified atom stereocenters. The Morgan fingerprint density at radius 3 is 2.77 bits per heavy atom. The van der Waals surface area contributed by atoms with E-state index in [0.717, 1.165) is 11.3 Å². The van der Waals surface area contributed by atoms with E-state index >= 15 is 0 Å². The highest BCUT2D eigenvalue weighted by Gasteiger charge is 2.64. The minimum Gasteiger partial charge on any atom is -0.480 e. The summed E-state index contributed by atoms with van der Waals surface area (Å²) >= 11 is 2.45. The van der Waals surface area contributed by atoms with Crippen LogP contribution >= 0.6 is 23.1 Å². The summed E-state index contributed by atoms with van der Waals surface area (Å²) in [5.41, 5.74) is 4.77. The third-order valence-corrected chi connectivity index (χ3v) is 6.74. The van der Waals surface area contributed by atoms with Crippen molar-refractivity contribution < 1.29 is 29.1 Å². The van der Waals surface area contributed by atoms with Crippen LogP contribution in [0.2, 0.25) is 0 Å². The number of nitrogens with zero attached hydrogens (tertiary/aromatic N) is 2. The van der Waals surface area contributed by atoms with E-state index in [-0.39, 0.29) is 5.82 Å². The topological polar surface area (TPSA) is 182 Å². The van der Waals surface area contributed by atoms with Crippen molar-refractivity contribution in [1.29, 1.82) is 0 Å².